The van der Waals surface area contributed by atoms with Gasteiger partial charge in [-0.15, -0.1) is 0 Å². The zero-order valence-electron chi connectivity index (χ0n) is 7.61. The van der Waals surface area contributed by atoms with Crippen LogP contribution in [-0.2, 0) is 0 Å². The quantitative estimate of drug-likeness (QED) is 0.678. The van der Waals surface area contributed by atoms with Crippen LogP contribution >= 0.6 is 0 Å². The van der Waals surface area contributed by atoms with E-state index < -0.39 is 0 Å². The van der Waals surface area contributed by atoms with Gasteiger partial charge in [0.05, 0.1) is 0 Å². The fourth-order valence-electron chi connectivity index (χ4n) is 2.04. The van der Waals surface area contributed by atoms with Crippen LogP contribution in [-0.4, -0.2) is 11.0 Å². The first-order valence-electron chi connectivity index (χ1n) is 4.74. The molecule has 0 aliphatic heterocycles. The molecule has 0 aromatic carbocycles. The van der Waals surface area contributed by atoms with Crippen LogP contribution in [0.3, 0.4) is 0 Å². The molecule has 0 radical (unpaired) electrons. The summed E-state index contributed by atoms with van der Waals surface area (Å²) in [6.07, 6.45) is 5.41. The van der Waals surface area contributed by atoms with E-state index in [1.165, 1.54) is 18.4 Å². The van der Waals surface area contributed by atoms with E-state index in [4.69, 9.17) is 11.5 Å². The summed E-state index contributed by atoms with van der Waals surface area (Å²) in [7, 11) is 0. The third-order valence-corrected chi connectivity index (χ3v) is 2.81. The number of anilines is 1. The van der Waals surface area contributed by atoms with Gasteiger partial charge in [0.1, 0.15) is 5.82 Å². The Hall–Kier alpha value is -1.09. The third-order valence-electron chi connectivity index (χ3n) is 2.81. The van der Waals surface area contributed by atoms with Crippen LogP contribution in [0.15, 0.2) is 18.3 Å². The topological polar surface area (TPSA) is 64.9 Å². The zero-order chi connectivity index (χ0) is 9.26. The molecule has 0 amide bonds. The Morgan fingerprint density at radius 3 is 2.69 bits per heavy atom. The maximum atomic E-state index is 5.99. The Morgan fingerprint density at radius 2 is 2.15 bits per heavy atom. The summed E-state index contributed by atoms with van der Waals surface area (Å²) < 4.78 is 0. The SMILES string of the molecule is Nc1ccc(C2CCCC2N)cn1. The van der Waals surface area contributed by atoms with Crippen molar-refractivity contribution in [3.8, 4) is 0 Å². The van der Waals surface area contributed by atoms with Gasteiger partial charge in [-0.05, 0) is 24.5 Å². The van der Waals surface area contributed by atoms with Crippen LogP contribution in [0, 0.1) is 0 Å². The zero-order valence-corrected chi connectivity index (χ0v) is 7.61. The lowest BCUT2D eigenvalue weighted by Crippen LogP contribution is -2.22. The van der Waals surface area contributed by atoms with Crippen molar-refractivity contribution in [3.63, 3.8) is 0 Å². The summed E-state index contributed by atoms with van der Waals surface area (Å²) in [5, 5.41) is 0. The second-order valence-corrected chi connectivity index (χ2v) is 3.72. The number of aromatic nitrogens is 1. The second-order valence-electron chi connectivity index (χ2n) is 3.72. The fourth-order valence-corrected chi connectivity index (χ4v) is 2.04. The molecule has 0 spiro atoms. The van der Waals surface area contributed by atoms with Gasteiger partial charge in [-0.25, -0.2) is 4.98 Å². The van der Waals surface area contributed by atoms with Gasteiger partial charge < -0.3 is 11.5 Å². The number of hydrogen-bond donors (Lipinski definition) is 2. The molecule has 0 bridgehead atoms. The Bertz CT molecular complexity index is 281. The number of nitrogen functional groups attached to an aromatic ring is 1. The molecule has 3 nitrogen and oxygen atoms in total. The molecule has 1 saturated carbocycles. The maximum Gasteiger partial charge on any atom is 0.123 e. The van der Waals surface area contributed by atoms with E-state index in [-0.39, 0.29) is 0 Å². The minimum absolute atomic E-state index is 0.311. The molecule has 1 aromatic heterocycles. The first-order valence-corrected chi connectivity index (χ1v) is 4.74. The molecule has 13 heavy (non-hydrogen) atoms. The van der Waals surface area contributed by atoms with Crippen LogP contribution in [0.2, 0.25) is 0 Å². The molecule has 3 heteroatoms. The largest absolute Gasteiger partial charge is 0.384 e. The molecule has 1 heterocycles. The molecule has 1 aliphatic rings. The predicted molar refractivity (Wildman–Crippen MR) is 53.2 cm³/mol. The molecule has 0 saturated heterocycles. The average Bonchev–Trinajstić information content (AvgIpc) is 2.53. The highest BCUT2D eigenvalue weighted by Crippen LogP contribution is 2.32. The maximum absolute atomic E-state index is 5.99. The Morgan fingerprint density at radius 1 is 1.31 bits per heavy atom. The molecule has 70 valence electrons. The van der Waals surface area contributed by atoms with Crippen molar-refractivity contribution in [2.45, 2.75) is 31.2 Å². The highest BCUT2D eigenvalue weighted by Gasteiger charge is 2.25. The summed E-state index contributed by atoms with van der Waals surface area (Å²) in [6, 6.07) is 4.20. The normalized spacial score (nSPS) is 27.8. The van der Waals surface area contributed by atoms with Gasteiger partial charge in [0, 0.05) is 18.2 Å². The highest BCUT2D eigenvalue weighted by molar-refractivity contribution is 5.31. The van der Waals surface area contributed by atoms with E-state index in [1.807, 2.05) is 18.3 Å². The lowest BCUT2D eigenvalue weighted by Gasteiger charge is -2.14. The number of pyridine rings is 1. The van der Waals surface area contributed by atoms with Crippen molar-refractivity contribution >= 4 is 5.82 Å². The first-order chi connectivity index (χ1) is 6.27. The molecule has 2 atom stereocenters. The van der Waals surface area contributed by atoms with Crippen molar-refractivity contribution in [2.24, 2.45) is 5.73 Å². The lowest BCUT2D eigenvalue weighted by atomic mass is 9.96. The second kappa shape index (κ2) is 3.34. The van der Waals surface area contributed by atoms with E-state index in [2.05, 4.69) is 4.98 Å². The number of hydrogen-bond acceptors (Lipinski definition) is 3. The smallest absolute Gasteiger partial charge is 0.123 e. The van der Waals surface area contributed by atoms with Gasteiger partial charge in [0.2, 0.25) is 0 Å². The summed E-state index contributed by atoms with van der Waals surface area (Å²) in [5.41, 5.74) is 12.7. The van der Waals surface area contributed by atoms with E-state index in [9.17, 15) is 0 Å². The van der Waals surface area contributed by atoms with Crippen LogP contribution in [0.1, 0.15) is 30.7 Å². The Balaban J connectivity index is 2.20. The number of nitrogens with two attached hydrogens (primary N) is 2. The lowest BCUT2D eigenvalue weighted by molar-refractivity contribution is 0.611. The summed E-state index contributed by atoms with van der Waals surface area (Å²) in [5.74, 6) is 1.07. The van der Waals surface area contributed by atoms with E-state index in [0.717, 1.165) is 6.42 Å². The Labute approximate surface area is 78.1 Å². The monoisotopic (exact) mass is 177 g/mol. The van der Waals surface area contributed by atoms with Crippen molar-refractivity contribution in [3.05, 3.63) is 23.9 Å². The van der Waals surface area contributed by atoms with Crippen LogP contribution in [0.5, 0.6) is 0 Å². The minimum Gasteiger partial charge on any atom is -0.384 e. The van der Waals surface area contributed by atoms with Crippen LogP contribution in [0.25, 0.3) is 0 Å². The van der Waals surface area contributed by atoms with Gasteiger partial charge in [-0.1, -0.05) is 12.5 Å². The predicted octanol–water partition coefficient (Wildman–Crippen LogP) is 1.26. The van der Waals surface area contributed by atoms with E-state index in [1.54, 1.807) is 0 Å². The van der Waals surface area contributed by atoms with Crippen molar-refractivity contribution in [1.29, 1.82) is 0 Å². The molecule has 1 aliphatic carbocycles. The van der Waals surface area contributed by atoms with Gasteiger partial charge in [0.25, 0.3) is 0 Å². The van der Waals surface area contributed by atoms with Crippen molar-refractivity contribution in [2.75, 3.05) is 5.73 Å². The number of rotatable bonds is 1. The summed E-state index contributed by atoms with van der Waals surface area (Å²) >= 11 is 0. The van der Waals surface area contributed by atoms with Gasteiger partial charge in [-0.3, -0.25) is 0 Å². The van der Waals surface area contributed by atoms with Crippen molar-refractivity contribution < 1.29 is 0 Å². The third kappa shape index (κ3) is 1.65. The average molecular weight is 177 g/mol. The van der Waals surface area contributed by atoms with E-state index in [0.29, 0.717) is 17.8 Å². The van der Waals surface area contributed by atoms with Gasteiger partial charge in [-0.2, -0.15) is 0 Å². The van der Waals surface area contributed by atoms with Gasteiger partial charge in [0.15, 0.2) is 0 Å². The molecule has 4 N–H and O–H groups in total. The molecule has 2 rings (SSSR count). The first kappa shape index (κ1) is 8.51. The van der Waals surface area contributed by atoms with E-state index >= 15 is 0 Å². The molecular weight excluding hydrogens is 162 g/mol. The molecule has 2 unspecified atom stereocenters. The molecule has 1 aromatic rings. The van der Waals surface area contributed by atoms with Crippen LogP contribution < -0.4 is 11.5 Å². The summed E-state index contributed by atoms with van der Waals surface area (Å²) in [4.78, 5) is 4.08. The molecule has 1 fully saturated rings. The Kier molecular flexibility index (Phi) is 2.19. The van der Waals surface area contributed by atoms with Gasteiger partial charge >= 0.3 is 0 Å². The van der Waals surface area contributed by atoms with Crippen molar-refractivity contribution in [1.82, 2.24) is 4.98 Å². The summed E-state index contributed by atoms with van der Waals surface area (Å²) in [6.45, 7) is 0. The highest BCUT2D eigenvalue weighted by atomic mass is 14.8. The van der Waals surface area contributed by atoms with Crippen LogP contribution in [0.4, 0.5) is 5.82 Å². The number of nitrogens with zero attached hydrogens (tertiary/aromatic N) is 1. The minimum atomic E-state index is 0.311. The fraction of sp³-hybridized carbons (Fsp3) is 0.500. The standard InChI is InChI=1S/C10H15N3/c11-9-3-1-2-8(9)7-4-5-10(12)13-6-7/h4-6,8-9H,1-3,11H2,(H2,12,13). The molecular formula is C10H15N3.